The summed E-state index contributed by atoms with van der Waals surface area (Å²) in [6, 6.07) is 14.5. The number of anilines is 1. The zero-order valence-electron chi connectivity index (χ0n) is 15.1. The lowest BCUT2D eigenvalue weighted by Gasteiger charge is -2.18. The maximum Gasteiger partial charge on any atom is 0.272 e. The molecule has 0 bridgehead atoms. The van der Waals surface area contributed by atoms with Crippen molar-refractivity contribution in [3.8, 4) is 5.75 Å². The van der Waals surface area contributed by atoms with Crippen molar-refractivity contribution in [3.05, 3.63) is 75.7 Å². The first kappa shape index (κ1) is 18.6. The van der Waals surface area contributed by atoms with Gasteiger partial charge in [0.15, 0.2) is 0 Å². The molecular weight excluding hydrogens is 394 g/mol. The van der Waals surface area contributed by atoms with Gasteiger partial charge in [-0.15, -0.1) is 23.1 Å². The van der Waals surface area contributed by atoms with Crippen molar-refractivity contribution < 1.29 is 18.7 Å². The molecule has 3 heterocycles. The number of nitrogens with zero attached hydrogens (tertiary/aromatic N) is 1. The Morgan fingerprint density at radius 3 is 2.64 bits per heavy atom. The van der Waals surface area contributed by atoms with Crippen LogP contribution >= 0.6 is 23.1 Å². The minimum atomic E-state index is -0.336. The standard InChI is InChI=1S/C21H17NO4S2/c1-2-25-16-9-4-3-8-15(16)22-20(23)18(17-10-6-12-27-17)19(21(22)24)28-13-14-7-5-11-26-14/h3-12H,2,13H2,1H3. The third-order valence-electron chi connectivity index (χ3n) is 4.15. The summed E-state index contributed by atoms with van der Waals surface area (Å²) in [6.07, 6.45) is 1.59. The van der Waals surface area contributed by atoms with Crippen LogP contribution in [0.1, 0.15) is 17.6 Å². The van der Waals surface area contributed by atoms with Gasteiger partial charge in [0, 0.05) is 4.88 Å². The van der Waals surface area contributed by atoms with Gasteiger partial charge in [0.1, 0.15) is 11.5 Å². The van der Waals surface area contributed by atoms with Crippen LogP contribution in [0.5, 0.6) is 5.75 Å². The average Bonchev–Trinajstić information content (AvgIpc) is 3.43. The number of para-hydroxylation sites is 2. The van der Waals surface area contributed by atoms with Crippen LogP contribution in [0.15, 0.2) is 69.5 Å². The quantitative estimate of drug-likeness (QED) is 0.515. The summed E-state index contributed by atoms with van der Waals surface area (Å²) in [5, 5.41) is 1.89. The van der Waals surface area contributed by atoms with Gasteiger partial charge in [0.25, 0.3) is 11.8 Å². The van der Waals surface area contributed by atoms with E-state index in [4.69, 9.17) is 9.15 Å². The molecule has 0 atom stereocenters. The topological polar surface area (TPSA) is 59.8 Å². The van der Waals surface area contributed by atoms with Gasteiger partial charge >= 0.3 is 0 Å². The molecule has 1 aliphatic heterocycles. The zero-order valence-corrected chi connectivity index (χ0v) is 16.7. The molecule has 0 N–H and O–H groups in total. The van der Waals surface area contributed by atoms with Crippen LogP contribution in [0.2, 0.25) is 0 Å². The van der Waals surface area contributed by atoms with Gasteiger partial charge in [-0.2, -0.15) is 0 Å². The predicted octanol–water partition coefficient (Wildman–Crippen LogP) is 4.96. The second kappa shape index (κ2) is 8.08. The lowest BCUT2D eigenvalue weighted by molar-refractivity contribution is -0.119. The van der Waals surface area contributed by atoms with Crippen molar-refractivity contribution in [1.82, 2.24) is 0 Å². The summed E-state index contributed by atoms with van der Waals surface area (Å²) < 4.78 is 11.0. The monoisotopic (exact) mass is 411 g/mol. The van der Waals surface area contributed by atoms with Crippen molar-refractivity contribution in [2.24, 2.45) is 0 Å². The minimum Gasteiger partial charge on any atom is -0.492 e. The summed E-state index contributed by atoms with van der Waals surface area (Å²) in [7, 11) is 0. The van der Waals surface area contributed by atoms with Crippen LogP contribution in [-0.2, 0) is 15.3 Å². The summed E-state index contributed by atoms with van der Waals surface area (Å²) in [5.74, 6) is 1.06. The van der Waals surface area contributed by atoms with Crippen molar-refractivity contribution >= 4 is 46.2 Å². The molecule has 0 saturated carbocycles. The molecule has 1 aromatic carbocycles. The predicted molar refractivity (Wildman–Crippen MR) is 111 cm³/mol. The van der Waals surface area contributed by atoms with Gasteiger partial charge < -0.3 is 9.15 Å². The number of amides is 2. The number of ether oxygens (including phenoxy) is 1. The van der Waals surface area contributed by atoms with E-state index in [0.29, 0.717) is 34.3 Å². The molecule has 0 spiro atoms. The number of carbonyl (C=O) groups is 2. The molecule has 1 aliphatic rings. The number of hydrogen-bond acceptors (Lipinski definition) is 6. The lowest BCUT2D eigenvalue weighted by atomic mass is 10.2. The Morgan fingerprint density at radius 2 is 1.93 bits per heavy atom. The van der Waals surface area contributed by atoms with E-state index in [1.165, 1.54) is 28.0 Å². The van der Waals surface area contributed by atoms with Gasteiger partial charge in [0.2, 0.25) is 0 Å². The molecule has 28 heavy (non-hydrogen) atoms. The molecule has 0 unspecified atom stereocenters. The normalized spacial score (nSPS) is 14.2. The van der Waals surface area contributed by atoms with E-state index in [1.807, 2.05) is 36.6 Å². The third-order valence-corrected chi connectivity index (χ3v) is 6.14. The summed E-state index contributed by atoms with van der Waals surface area (Å²) in [6.45, 7) is 2.31. The largest absolute Gasteiger partial charge is 0.492 e. The first-order chi connectivity index (χ1) is 13.7. The highest BCUT2D eigenvalue weighted by atomic mass is 32.2. The van der Waals surface area contributed by atoms with E-state index in [2.05, 4.69) is 0 Å². The molecule has 2 amide bonds. The number of imide groups is 1. The number of rotatable bonds is 7. The van der Waals surface area contributed by atoms with E-state index in [-0.39, 0.29) is 11.8 Å². The van der Waals surface area contributed by atoms with E-state index in [9.17, 15) is 9.59 Å². The summed E-state index contributed by atoms with van der Waals surface area (Å²) in [4.78, 5) is 29.0. The van der Waals surface area contributed by atoms with E-state index in [1.54, 1.807) is 30.5 Å². The molecule has 0 aliphatic carbocycles. The number of benzene rings is 1. The molecule has 3 aromatic rings. The number of thiophene rings is 1. The van der Waals surface area contributed by atoms with Crippen molar-refractivity contribution in [1.29, 1.82) is 0 Å². The third kappa shape index (κ3) is 3.39. The maximum atomic E-state index is 13.3. The highest BCUT2D eigenvalue weighted by molar-refractivity contribution is 8.03. The van der Waals surface area contributed by atoms with Gasteiger partial charge in [-0.3, -0.25) is 9.59 Å². The smallest absolute Gasteiger partial charge is 0.272 e. The van der Waals surface area contributed by atoms with Crippen LogP contribution in [0.4, 0.5) is 5.69 Å². The van der Waals surface area contributed by atoms with Crippen molar-refractivity contribution in [3.63, 3.8) is 0 Å². The Balaban J connectivity index is 1.73. The van der Waals surface area contributed by atoms with Gasteiger partial charge in [-0.05, 0) is 42.6 Å². The Labute approximate surface area is 170 Å². The zero-order chi connectivity index (χ0) is 19.5. The van der Waals surface area contributed by atoms with E-state index < -0.39 is 0 Å². The molecule has 4 rings (SSSR count). The second-order valence-corrected chi connectivity index (χ2v) is 7.83. The van der Waals surface area contributed by atoms with Crippen LogP contribution in [0.25, 0.3) is 5.57 Å². The molecule has 0 radical (unpaired) electrons. The number of hydrogen-bond donors (Lipinski definition) is 0. The fraction of sp³-hybridized carbons (Fsp3) is 0.143. The van der Waals surface area contributed by atoms with E-state index in [0.717, 1.165) is 10.6 Å². The fourth-order valence-corrected chi connectivity index (χ4v) is 4.80. The molecular formula is C21H17NO4S2. The van der Waals surface area contributed by atoms with Crippen LogP contribution < -0.4 is 9.64 Å². The van der Waals surface area contributed by atoms with Crippen molar-refractivity contribution in [2.45, 2.75) is 12.7 Å². The highest BCUT2D eigenvalue weighted by Gasteiger charge is 2.41. The minimum absolute atomic E-state index is 0.332. The van der Waals surface area contributed by atoms with Gasteiger partial charge in [-0.25, -0.2) is 4.90 Å². The molecule has 0 fully saturated rings. The molecule has 142 valence electrons. The summed E-state index contributed by atoms with van der Waals surface area (Å²) >= 11 is 2.76. The molecule has 2 aromatic heterocycles. The van der Waals surface area contributed by atoms with E-state index >= 15 is 0 Å². The number of thioether (sulfide) groups is 1. The Morgan fingerprint density at radius 1 is 1.07 bits per heavy atom. The maximum absolute atomic E-state index is 13.3. The van der Waals surface area contributed by atoms with Crippen LogP contribution in [0, 0.1) is 0 Å². The SMILES string of the molecule is CCOc1ccccc1N1C(=O)C(SCc2ccco2)=C(c2cccs2)C1=O. The first-order valence-corrected chi connectivity index (χ1v) is 10.6. The van der Waals surface area contributed by atoms with Gasteiger partial charge in [-0.1, -0.05) is 18.2 Å². The molecule has 0 saturated heterocycles. The molecule has 7 heteroatoms. The average molecular weight is 412 g/mol. The number of furan rings is 1. The first-order valence-electron chi connectivity index (χ1n) is 8.74. The fourth-order valence-electron chi connectivity index (χ4n) is 2.96. The van der Waals surface area contributed by atoms with Crippen LogP contribution in [0.3, 0.4) is 0 Å². The summed E-state index contributed by atoms with van der Waals surface area (Å²) in [5.41, 5.74) is 0.893. The highest BCUT2D eigenvalue weighted by Crippen LogP contribution is 2.42. The Bertz CT molecular complexity index is 1020. The van der Waals surface area contributed by atoms with Gasteiger partial charge in [0.05, 0.1) is 34.8 Å². The lowest BCUT2D eigenvalue weighted by Crippen LogP contribution is -2.31. The van der Waals surface area contributed by atoms with Crippen LogP contribution in [-0.4, -0.2) is 18.4 Å². The molecule has 5 nitrogen and oxygen atoms in total. The number of carbonyl (C=O) groups excluding carboxylic acids is 2. The second-order valence-electron chi connectivity index (χ2n) is 5.90. The van der Waals surface area contributed by atoms with Crippen molar-refractivity contribution in [2.75, 3.05) is 11.5 Å². The Kier molecular flexibility index (Phi) is 5.36. The Hall–Kier alpha value is -2.77.